The number of Topliss-reactive ketones (excluding diaryl/α,β-unsaturated/α-hetero) is 1. The van der Waals surface area contributed by atoms with E-state index in [1.807, 2.05) is 0 Å². The molecule has 1 aromatic heterocycles. The number of rotatable bonds is 5. The lowest BCUT2D eigenvalue weighted by molar-refractivity contribution is 0.0965. The van der Waals surface area contributed by atoms with Gasteiger partial charge in [0.1, 0.15) is 11.4 Å². The van der Waals surface area contributed by atoms with Gasteiger partial charge < -0.3 is 20.8 Å². The van der Waals surface area contributed by atoms with E-state index in [1.54, 1.807) is 60.2 Å². The normalized spacial score (nSPS) is 10.7. The zero-order chi connectivity index (χ0) is 17.3. The van der Waals surface area contributed by atoms with E-state index in [2.05, 4.69) is 0 Å². The fourth-order valence-electron chi connectivity index (χ4n) is 2.66. The minimum Gasteiger partial charge on any atom is -0.497 e. The molecule has 0 aliphatic heterocycles. The molecule has 3 aromatic rings. The van der Waals surface area contributed by atoms with E-state index in [0.717, 1.165) is 5.39 Å². The summed E-state index contributed by atoms with van der Waals surface area (Å²) in [6, 6.07) is 13.7. The lowest BCUT2D eigenvalue weighted by Gasteiger charge is -2.09. The van der Waals surface area contributed by atoms with Gasteiger partial charge in [-0.25, -0.2) is 0 Å². The smallest absolute Gasteiger partial charge is 0.265 e. The van der Waals surface area contributed by atoms with Crippen molar-refractivity contribution in [2.75, 3.05) is 12.8 Å². The summed E-state index contributed by atoms with van der Waals surface area (Å²) < 4.78 is 6.68. The Morgan fingerprint density at radius 2 is 1.79 bits per heavy atom. The van der Waals surface area contributed by atoms with Gasteiger partial charge >= 0.3 is 0 Å². The minimum atomic E-state index is -0.590. The second-order valence-electron chi connectivity index (χ2n) is 5.45. The van der Waals surface area contributed by atoms with Crippen LogP contribution in [0.5, 0.6) is 5.75 Å². The lowest BCUT2D eigenvalue weighted by Crippen LogP contribution is -2.20. The third-order valence-corrected chi connectivity index (χ3v) is 3.89. The Labute approximate surface area is 138 Å². The van der Waals surface area contributed by atoms with Crippen molar-refractivity contribution in [2.24, 2.45) is 5.73 Å². The molecule has 0 radical (unpaired) electrons. The third-order valence-electron chi connectivity index (χ3n) is 3.89. The van der Waals surface area contributed by atoms with Crippen molar-refractivity contribution in [3.63, 3.8) is 0 Å². The summed E-state index contributed by atoms with van der Waals surface area (Å²) >= 11 is 0. The molecule has 0 saturated heterocycles. The number of amides is 1. The average molecular weight is 323 g/mol. The number of hydrogen-bond acceptors (Lipinski definition) is 4. The molecule has 2 aromatic carbocycles. The molecule has 6 nitrogen and oxygen atoms in total. The summed E-state index contributed by atoms with van der Waals surface area (Å²) in [5, 5.41) is 0.806. The third kappa shape index (κ3) is 2.81. The van der Waals surface area contributed by atoms with Gasteiger partial charge in [0.25, 0.3) is 5.91 Å². The fourth-order valence-corrected chi connectivity index (χ4v) is 2.66. The zero-order valence-electron chi connectivity index (χ0n) is 13.2. The van der Waals surface area contributed by atoms with Gasteiger partial charge in [0.05, 0.1) is 19.2 Å². The molecule has 0 atom stereocenters. The second kappa shape index (κ2) is 6.08. The van der Waals surface area contributed by atoms with Crippen LogP contribution in [0, 0.1) is 0 Å². The van der Waals surface area contributed by atoms with E-state index in [0.29, 0.717) is 22.5 Å². The molecule has 122 valence electrons. The topological polar surface area (TPSA) is 100 Å². The fraction of sp³-hybridized carbons (Fsp3) is 0.111. The monoisotopic (exact) mass is 323 g/mol. The first-order chi connectivity index (χ1) is 11.5. The maximum Gasteiger partial charge on any atom is 0.265 e. The SMILES string of the molecule is COc1ccc(C(=O)Cn2c(C(N)=O)cc3ccc(N)cc32)cc1. The number of anilines is 1. The van der Waals surface area contributed by atoms with Gasteiger partial charge in [-0.1, -0.05) is 6.07 Å². The summed E-state index contributed by atoms with van der Waals surface area (Å²) in [6.45, 7) is -0.00243. The van der Waals surface area contributed by atoms with Gasteiger partial charge in [-0.05, 0) is 42.5 Å². The number of primary amides is 1. The summed E-state index contributed by atoms with van der Waals surface area (Å²) in [4.78, 5) is 24.3. The van der Waals surface area contributed by atoms with Crippen LogP contribution in [0.15, 0.2) is 48.5 Å². The molecule has 4 N–H and O–H groups in total. The molecule has 0 spiro atoms. The number of nitrogen functional groups attached to an aromatic ring is 1. The number of carbonyl (C=O) groups excluding carboxylic acids is 2. The molecule has 24 heavy (non-hydrogen) atoms. The number of fused-ring (bicyclic) bond motifs is 1. The van der Waals surface area contributed by atoms with Crippen molar-refractivity contribution in [2.45, 2.75) is 6.54 Å². The maximum absolute atomic E-state index is 12.6. The van der Waals surface area contributed by atoms with Crippen LogP contribution in [0.2, 0.25) is 0 Å². The number of nitrogens with two attached hydrogens (primary N) is 2. The number of ether oxygens (including phenoxy) is 1. The highest BCUT2D eigenvalue weighted by atomic mass is 16.5. The molecule has 1 heterocycles. The quantitative estimate of drug-likeness (QED) is 0.555. The van der Waals surface area contributed by atoms with Crippen molar-refractivity contribution in [1.29, 1.82) is 0 Å². The van der Waals surface area contributed by atoms with Crippen LogP contribution >= 0.6 is 0 Å². The number of benzene rings is 2. The van der Waals surface area contributed by atoms with Crippen LogP contribution < -0.4 is 16.2 Å². The van der Waals surface area contributed by atoms with E-state index in [9.17, 15) is 9.59 Å². The van der Waals surface area contributed by atoms with E-state index in [1.165, 1.54) is 0 Å². The van der Waals surface area contributed by atoms with Gasteiger partial charge in [0.2, 0.25) is 0 Å². The number of methoxy groups -OCH3 is 1. The van der Waals surface area contributed by atoms with Crippen molar-refractivity contribution in [3.05, 3.63) is 59.8 Å². The summed E-state index contributed by atoms with van der Waals surface area (Å²) in [7, 11) is 1.56. The van der Waals surface area contributed by atoms with Crippen LogP contribution in [0.1, 0.15) is 20.8 Å². The van der Waals surface area contributed by atoms with Crippen LogP contribution in [0.25, 0.3) is 10.9 Å². The highest BCUT2D eigenvalue weighted by Crippen LogP contribution is 2.23. The van der Waals surface area contributed by atoms with E-state index in [-0.39, 0.29) is 18.0 Å². The van der Waals surface area contributed by atoms with Gasteiger partial charge in [-0.3, -0.25) is 9.59 Å². The first kappa shape index (κ1) is 15.6. The predicted molar refractivity (Wildman–Crippen MR) is 92.2 cm³/mol. The number of nitrogens with zero attached hydrogens (tertiary/aromatic N) is 1. The zero-order valence-corrected chi connectivity index (χ0v) is 13.2. The maximum atomic E-state index is 12.6. The van der Waals surface area contributed by atoms with E-state index < -0.39 is 5.91 Å². The summed E-state index contributed by atoms with van der Waals surface area (Å²) in [6.07, 6.45) is 0. The molecule has 6 heteroatoms. The second-order valence-corrected chi connectivity index (χ2v) is 5.45. The molecule has 0 saturated carbocycles. The number of carbonyl (C=O) groups is 2. The van der Waals surface area contributed by atoms with Crippen LogP contribution in [-0.2, 0) is 6.54 Å². The van der Waals surface area contributed by atoms with Crippen LogP contribution in [0.3, 0.4) is 0 Å². The molecule has 0 aliphatic carbocycles. The van der Waals surface area contributed by atoms with E-state index in [4.69, 9.17) is 16.2 Å². The number of hydrogen-bond donors (Lipinski definition) is 2. The highest BCUT2D eigenvalue weighted by Gasteiger charge is 2.17. The largest absolute Gasteiger partial charge is 0.497 e. The Hall–Kier alpha value is -3.28. The predicted octanol–water partition coefficient (Wildman–Crippen LogP) is 2.21. The van der Waals surface area contributed by atoms with Gasteiger partial charge in [-0.2, -0.15) is 0 Å². The Balaban J connectivity index is 2.01. The Morgan fingerprint density at radius 1 is 1.08 bits per heavy atom. The molecule has 1 amide bonds. The molecule has 0 fully saturated rings. The van der Waals surface area contributed by atoms with Crippen LogP contribution in [0.4, 0.5) is 5.69 Å². The Kier molecular flexibility index (Phi) is 3.95. The molecule has 0 bridgehead atoms. The van der Waals surface area contributed by atoms with Crippen molar-refractivity contribution >= 4 is 28.3 Å². The minimum absolute atomic E-state index is 0.00243. The lowest BCUT2D eigenvalue weighted by atomic mass is 10.1. The van der Waals surface area contributed by atoms with Crippen LogP contribution in [-0.4, -0.2) is 23.4 Å². The Bertz CT molecular complexity index is 927. The molecular weight excluding hydrogens is 306 g/mol. The molecule has 3 rings (SSSR count). The van der Waals surface area contributed by atoms with Crippen molar-refractivity contribution < 1.29 is 14.3 Å². The van der Waals surface area contributed by atoms with Crippen molar-refractivity contribution in [3.8, 4) is 5.75 Å². The number of ketones is 1. The first-order valence-electron chi connectivity index (χ1n) is 7.35. The summed E-state index contributed by atoms with van der Waals surface area (Å²) in [5.41, 5.74) is 13.3. The molecule has 0 unspecified atom stereocenters. The first-order valence-corrected chi connectivity index (χ1v) is 7.35. The van der Waals surface area contributed by atoms with Gasteiger partial charge in [0.15, 0.2) is 5.78 Å². The van der Waals surface area contributed by atoms with Crippen molar-refractivity contribution in [1.82, 2.24) is 4.57 Å². The van der Waals surface area contributed by atoms with E-state index >= 15 is 0 Å². The Morgan fingerprint density at radius 3 is 2.42 bits per heavy atom. The molecule has 0 aliphatic rings. The van der Waals surface area contributed by atoms with Gasteiger partial charge in [0, 0.05) is 16.6 Å². The van der Waals surface area contributed by atoms with Gasteiger partial charge in [-0.15, -0.1) is 0 Å². The summed E-state index contributed by atoms with van der Waals surface area (Å²) in [5.74, 6) is -0.0593. The number of aromatic nitrogens is 1. The standard InChI is InChI=1S/C18H17N3O3/c1-24-14-6-3-11(4-7-14)17(22)10-21-15-9-13(19)5-2-12(15)8-16(21)18(20)23/h2-9H,10,19H2,1H3,(H2,20,23). The molecular formula is C18H17N3O3. The highest BCUT2D eigenvalue weighted by molar-refractivity contribution is 6.01. The average Bonchev–Trinajstić information content (AvgIpc) is 2.93.